The molecule has 5 heterocycles. The average molecular weight is 1070 g/mol. The Morgan fingerprint density at radius 3 is 2.46 bits per heavy atom. The van der Waals surface area contributed by atoms with Crippen LogP contribution in [0.1, 0.15) is 102 Å². The lowest BCUT2D eigenvalue weighted by Crippen LogP contribution is -2.58. The van der Waals surface area contributed by atoms with Crippen LogP contribution in [-0.2, 0) is 40.7 Å². The van der Waals surface area contributed by atoms with Crippen molar-refractivity contribution >= 4 is 87.4 Å². The largest absolute Gasteiger partial charge is 0.399 e. The van der Waals surface area contributed by atoms with E-state index in [1.165, 1.54) is 38.2 Å². The van der Waals surface area contributed by atoms with E-state index in [4.69, 9.17) is 0 Å². The number of unbranched alkanes of at least 4 members (excludes halogenated alkanes) is 1. The van der Waals surface area contributed by atoms with Crippen LogP contribution in [0.3, 0.4) is 0 Å². The number of anilines is 1. The van der Waals surface area contributed by atoms with Gasteiger partial charge in [0.25, 0.3) is 11.8 Å². The number of carbonyl (C=O) groups is 7. The molecule has 2 saturated heterocycles. The fraction of sp³-hybridized carbons (Fsp3) is 0.385. The second-order valence-electron chi connectivity index (χ2n) is 19.5. The number of alkyl halides is 2. The minimum atomic E-state index is -5.84. The molecule has 3 aromatic carbocycles. The molecule has 2 fully saturated rings. The smallest absolute Gasteiger partial charge is 0.346 e. The number of benzene rings is 3. The highest BCUT2D eigenvalue weighted by atomic mass is 32.1. The number of thiazole rings is 1. The van der Waals surface area contributed by atoms with Gasteiger partial charge >= 0.3 is 13.3 Å². The Labute approximate surface area is 433 Å². The molecule has 22 heteroatoms. The number of rotatable bonds is 15. The molecule has 0 spiro atoms. The summed E-state index contributed by atoms with van der Waals surface area (Å²) in [6.45, 7) is 6.03. The van der Waals surface area contributed by atoms with Gasteiger partial charge in [-0.1, -0.05) is 44.7 Å². The van der Waals surface area contributed by atoms with E-state index in [9.17, 15) is 56.7 Å². The van der Waals surface area contributed by atoms with Gasteiger partial charge in [0.1, 0.15) is 23.1 Å². The summed E-state index contributed by atoms with van der Waals surface area (Å²) in [5, 5.41) is 7.91. The van der Waals surface area contributed by atoms with Gasteiger partial charge in [0.15, 0.2) is 0 Å². The Bertz CT molecular complexity index is 3140. The molecule has 0 radical (unpaired) electrons. The molecule has 2 unspecified atom stereocenters. The first-order chi connectivity index (χ1) is 35.0. The van der Waals surface area contributed by atoms with Crippen LogP contribution in [0.15, 0.2) is 78.3 Å². The monoisotopic (exact) mass is 1070 g/mol. The molecular formula is C52H54F2N7O10PS2. The summed E-state index contributed by atoms with van der Waals surface area (Å²) in [6, 6.07) is 14.0. The van der Waals surface area contributed by atoms with Gasteiger partial charge in [-0.05, 0) is 96.6 Å². The number of halogens is 2. The molecule has 7 amide bonds. The average Bonchev–Trinajstić information content (AvgIpc) is 4.20. The number of hydrogen-bond donors (Lipinski definition) is 4. The Kier molecular flexibility index (Phi) is 15.7. The van der Waals surface area contributed by atoms with Gasteiger partial charge < -0.3 is 34.7 Å². The minimum absolute atomic E-state index is 0.0161. The molecule has 3 aliphatic heterocycles. The summed E-state index contributed by atoms with van der Waals surface area (Å²) in [5.74, 6) is 3.33. The second kappa shape index (κ2) is 21.6. The van der Waals surface area contributed by atoms with Crippen molar-refractivity contribution in [1.82, 2.24) is 30.3 Å². The number of imide groups is 1. The zero-order valence-corrected chi connectivity index (χ0v) is 43.5. The number of aromatic nitrogens is 1. The SMILES string of the molecule is CN(CCCC#Cc1cccc2c1CN(C1CCC(=O)NC1=O)C2=O)C(=O)CCN(C(=O)[C@@H]1CCCN1C(=O)C(NC(=O)c1cc2cc(C(F)(F)P(=O)(O)O)ccc2s1)C(C)(C)C)c1ccc(-c2nccs2)cc1. The molecule has 0 bridgehead atoms. The van der Waals surface area contributed by atoms with E-state index in [2.05, 4.69) is 27.5 Å². The number of likely N-dealkylation sites (tertiary alicyclic amines) is 1. The Morgan fingerprint density at radius 2 is 1.77 bits per heavy atom. The predicted molar refractivity (Wildman–Crippen MR) is 274 cm³/mol. The summed E-state index contributed by atoms with van der Waals surface area (Å²) in [5.41, 5.74) is -3.07. The highest BCUT2D eigenvalue weighted by Crippen LogP contribution is 2.59. The van der Waals surface area contributed by atoms with E-state index < -0.39 is 66.0 Å². The molecule has 2 aromatic heterocycles. The lowest BCUT2D eigenvalue weighted by atomic mass is 9.85. The Balaban J connectivity index is 0.929. The zero-order valence-electron chi connectivity index (χ0n) is 40.9. The van der Waals surface area contributed by atoms with E-state index in [0.717, 1.165) is 39.6 Å². The van der Waals surface area contributed by atoms with Crippen LogP contribution in [0.4, 0.5) is 14.5 Å². The molecule has 4 N–H and O–H groups in total. The zero-order chi connectivity index (χ0) is 53.3. The van der Waals surface area contributed by atoms with Gasteiger partial charge in [0, 0.05) is 96.7 Å². The van der Waals surface area contributed by atoms with Crippen molar-refractivity contribution in [3.8, 4) is 22.4 Å². The molecular weight excluding hydrogens is 1020 g/mol. The van der Waals surface area contributed by atoms with E-state index in [0.29, 0.717) is 53.7 Å². The van der Waals surface area contributed by atoms with Crippen LogP contribution in [0.2, 0.25) is 0 Å². The molecule has 74 heavy (non-hydrogen) atoms. The van der Waals surface area contributed by atoms with Crippen molar-refractivity contribution in [2.45, 2.75) is 96.1 Å². The summed E-state index contributed by atoms with van der Waals surface area (Å²) in [4.78, 5) is 124. The molecule has 0 aliphatic carbocycles. The van der Waals surface area contributed by atoms with Crippen LogP contribution in [0, 0.1) is 17.3 Å². The van der Waals surface area contributed by atoms with Gasteiger partial charge in [-0.2, -0.15) is 8.78 Å². The lowest BCUT2D eigenvalue weighted by Gasteiger charge is -2.36. The first kappa shape index (κ1) is 53.6. The summed E-state index contributed by atoms with van der Waals surface area (Å²) >= 11 is 2.41. The Morgan fingerprint density at radius 1 is 1.01 bits per heavy atom. The van der Waals surface area contributed by atoms with Crippen LogP contribution in [0.5, 0.6) is 0 Å². The molecule has 3 aliphatic rings. The number of nitrogens with one attached hydrogen (secondary N) is 2. The first-order valence-electron chi connectivity index (χ1n) is 23.9. The fourth-order valence-corrected chi connectivity index (χ4v) is 11.4. The number of fused-ring (bicyclic) bond motifs is 2. The molecule has 388 valence electrons. The Hall–Kier alpha value is -6.69. The molecule has 17 nitrogen and oxygen atoms in total. The summed E-state index contributed by atoms with van der Waals surface area (Å²) in [7, 11) is -4.17. The van der Waals surface area contributed by atoms with Crippen LogP contribution in [-0.4, -0.2) is 116 Å². The number of carbonyl (C=O) groups excluding carboxylic acids is 7. The third-order valence-corrected chi connectivity index (χ3v) is 16.3. The van der Waals surface area contributed by atoms with Gasteiger partial charge in [0.05, 0.1) is 4.88 Å². The predicted octanol–water partition coefficient (Wildman–Crippen LogP) is 6.86. The standard InChI is InChI=1S/C52H54F2N7O10PS2/c1-51(2,3)44(57-46(65)41-29-33-28-34(16-20-40(33)74-41)52(53,54)72(69,70)71)50(68)60-25-9-13-39(60)49(67)59(35-17-14-32(15-18-35)47-55-23-27-73-47)26-22-43(63)58(4)24-7-5-6-10-31-11-8-12-36-37(31)30-61(48(36)66)38-19-21-42(62)56-45(38)64/h8,11-12,14-18,20,23,27-29,38-39,44H,5,7,9,13,19,21-22,24-26,30H2,1-4H3,(H,57,65)(H,56,62,64)(H2,69,70,71)/t38?,39-,44?/m0/s1. The first-order valence-corrected chi connectivity index (χ1v) is 27.2. The normalized spacial score (nSPS) is 17.4. The quantitative estimate of drug-likeness (QED) is 0.0367. The van der Waals surface area contributed by atoms with Crippen molar-refractivity contribution in [2.24, 2.45) is 5.41 Å². The molecule has 3 atom stereocenters. The maximum atomic E-state index is 14.8. The van der Waals surface area contributed by atoms with Crippen molar-refractivity contribution in [2.75, 3.05) is 31.6 Å². The topological polar surface area (TPSA) is 227 Å². The van der Waals surface area contributed by atoms with E-state index in [-0.39, 0.29) is 66.9 Å². The van der Waals surface area contributed by atoms with Crippen molar-refractivity contribution in [1.29, 1.82) is 0 Å². The summed E-state index contributed by atoms with van der Waals surface area (Å²) in [6.07, 6.45) is 3.80. The maximum Gasteiger partial charge on any atom is 0.399 e. The van der Waals surface area contributed by atoms with Gasteiger partial charge in [0.2, 0.25) is 29.5 Å². The number of hydrogen-bond acceptors (Lipinski definition) is 11. The van der Waals surface area contributed by atoms with E-state index >= 15 is 0 Å². The van der Waals surface area contributed by atoms with Crippen LogP contribution >= 0.6 is 30.3 Å². The number of nitrogens with zero attached hydrogens (tertiary/aromatic N) is 5. The van der Waals surface area contributed by atoms with E-state index in [1.54, 1.807) is 63.2 Å². The molecule has 0 saturated carbocycles. The van der Waals surface area contributed by atoms with Crippen molar-refractivity contribution in [3.63, 3.8) is 0 Å². The van der Waals surface area contributed by atoms with Gasteiger partial charge in [-0.25, -0.2) is 4.98 Å². The number of thiophene rings is 1. The molecule has 5 aromatic rings. The highest BCUT2D eigenvalue weighted by molar-refractivity contribution is 7.52. The van der Waals surface area contributed by atoms with Gasteiger partial charge in [-0.15, -0.1) is 22.7 Å². The minimum Gasteiger partial charge on any atom is -0.346 e. The third-order valence-electron chi connectivity index (χ3n) is 13.4. The van der Waals surface area contributed by atoms with Crippen LogP contribution in [0.25, 0.3) is 20.7 Å². The van der Waals surface area contributed by atoms with Crippen molar-refractivity contribution in [3.05, 3.63) is 105 Å². The third kappa shape index (κ3) is 11.3. The fourth-order valence-electron chi connectivity index (χ4n) is 9.30. The molecule has 8 rings (SSSR count). The second-order valence-corrected chi connectivity index (χ2v) is 23.1. The number of piperidine rings is 1. The maximum absolute atomic E-state index is 14.8. The van der Waals surface area contributed by atoms with E-state index in [1.807, 2.05) is 23.6 Å². The lowest BCUT2D eigenvalue weighted by molar-refractivity contribution is -0.141. The van der Waals surface area contributed by atoms with Crippen LogP contribution < -0.4 is 15.5 Å². The summed E-state index contributed by atoms with van der Waals surface area (Å²) < 4.78 is 41.0. The highest BCUT2D eigenvalue weighted by Gasteiger charge is 2.50. The number of amides is 7. The van der Waals surface area contributed by atoms with Crippen molar-refractivity contribution < 1.29 is 56.7 Å². The van der Waals surface area contributed by atoms with Gasteiger partial charge in [-0.3, -0.25) is 43.4 Å².